The third kappa shape index (κ3) is 1.65. The van der Waals surface area contributed by atoms with E-state index in [0.29, 0.717) is 5.69 Å². The highest BCUT2D eigenvalue weighted by molar-refractivity contribution is 9.06. The monoisotopic (exact) mass is 267 g/mol. The summed E-state index contributed by atoms with van der Waals surface area (Å²) in [6, 6.07) is 7.88. The lowest BCUT2D eigenvalue weighted by molar-refractivity contribution is 0.0772. The van der Waals surface area contributed by atoms with Crippen LogP contribution in [-0.2, 0) is 10.9 Å². The molecule has 0 fully saturated rings. The fourth-order valence-electron chi connectivity index (χ4n) is 1.70. The second-order valence-electron chi connectivity index (χ2n) is 3.52. The van der Waals surface area contributed by atoms with Gasteiger partial charge in [0.05, 0.1) is 0 Å². The fraction of sp³-hybridized carbons (Fsp3) is 0.182. The van der Waals surface area contributed by atoms with Gasteiger partial charge in [0.25, 0.3) is 0 Å². The molecule has 1 aromatic heterocycles. The van der Waals surface area contributed by atoms with Gasteiger partial charge in [-0.1, -0.05) is 11.6 Å². The van der Waals surface area contributed by atoms with E-state index in [1.165, 1.54) is 5.56 Å². The standard InChI is InChI=1S/C11H10BrNO2/c1-7-3-4-9-8(5-7)6-10(13(9)2)11(14)15-12/h3-6H,1-2H3. The Hall–Kier alpha value is -1.29. The predicted molar refractivity (Wildman–Crippen MR) is 62.0 cm³/mol. The minimum absolute atomic E-state index is 0.383. The molecule has 78 valence electrons. The molecule has 0 saturated carbocycles. The van der Waals surface area contributed by atoms with Crippen molar-refractivity contribution in [2.45, 2.75) is 6.92 Å². The van der Waals surface area contributed by atoms with Gasteiger partial charge in [0.15, 0.2) is 16.3 Å². The lowest BCUT2D eigenvalue weighted by atomic mass is 10.2. The quantitative estimate of drug-likeness (QED) is 0.796. The van der Waals surface area contributed by atoms with E-state index in [1.54, 1.807) is 0 Å². The fourth-order valence-corrected chi connectivity index (χ4v) is 1.87. The molecule has 0 atom stereocenters. The molecule has 0 amide bonds. The van der Waals surface area contributed by atoms with Gasteiger partial charge in [-0.3, -0.25) is 0 Å². The van der Waals surface area contributed by atoms with Gasteiger partial charge in [-0.15, -0.1) is 0 Å². The number of carbonyl (C=O) groups is 1. The SMILES string of the molecule is Cc1ccc2c(c1)cc(C(=O)OBr)n2C. The maximum Gasteiger partial charge on any atom is 0.366 e. The summed E-state index contributed by atoms with van der Waals surface area (Å²) < 4.78 is 6.35. The Morgan fingerprint density at radius 3 is 2.80 bits per heavy atom. The topological polar surface area (TPSA) is 31.2 Å². The molecule has 0 bridgehead atoms. The van der Waals surface area contributed by atoms with Crippen molar-refractivity contribution in [2.24, 2.45) is 7.05 Å². The Morgan fingerprint density at radius 1 is 1.40 bits per heavy atom. The van der Waals surface area contributed by atoms with Crippen molar-refractivity contribution in [3.8, 4) is 0 Å². The maximum atomic E-state index is 11.4. The molecule has 2 rings (SSSR count). The van der Waals surface area contributed by atoms with E-state index >= 15 is 0 Å². The van der Waals surface area contributed by atoms with E-state index in [1.807, 2.05) is 42.8 Å². The normalized spacial score (nSPS) is 10.6. The molecule has 4 heteroatoms. The van der Waals surface area contributed by atoms with Gasteiger partial charge >= 0.3 is 5.97 Å². The average Bonchev–Trinajstić information content (AvgIpc) is 2.54. The summed E-state index contributed by atoms with van der Waals surface area (Å²) in [5, 5.41) is 1.05. The molecule has 0 spiro atoms. The maximum absolute atomic E-state index is 11.4. The van der Waals surface area contributed by atoms with Crippen molar-refractivity contribution in [2.75, 3.05) is 0 Å². The van der Waals surface area contributed by atoms with Crippen molar-refractivity contribution < 1.29 is 8.62 Å². The van der Waals surface area contributed by atoms with Crippen LogP contribution >= 0.6 is 16.3 Å². The Kier molecular flexibility index (Phi) is 2.52. The van der Waals surface area contributed by atoms with Crippen molar-refractivity contribution in [3.05, 3.63) is 35.5 Å². The number of nitrogens with zero attached hydrogens (tertiary/aromatic N) is 1. The number of carbonyl (C=O) groups excluding carboxylic acids is 1. The number of aryl methyl sites for hydroxylation is 2. The van der Waals surface area contributed by atoms with E-state index in [2.05, 4.69) is 20.1 Å². The highest BCUT2D eigenvalue weighted by Gasteiger charge is 2.13. The first-order chi connectivity index (χ1) is 7.13. The first-order valence-corrected chi connectivity index (χ1v) is 5.17. The molecular formula is C11H10BrNO2. The molecular weight excluding hydrogens is 258 g/mol. The van der Waals surface area contributed by atoms with Crippen molar-refractivity contribution in [3.63, 3.8) is 0 Å². The third-order valence-corrected chi connectivity index (χ3v) is 2.77. The number of aromatic nitrogens is 1. The Labute approximate surface area is 96.1 Å². The number of halogens is 1. The molecule has 0 unspecified atom stereocenters. The number of fused-ring (bicyclic) bond motifs is 1. The van der Waals surface area contributed by atoms with Gasteiger partial charge in [0.2, 0.25) is 0 Å². The van der Waals surface area contributed by atoms with Crippen molar-refractivity contribution in [1.82, 2.24) is 4.57 Å². The summed E-state index contributed by atoms with van der Waals surface area (Å²) in [6.45, 7) is 2.02. The number of hydrogen-bond acceptors (Lipinski definition) is 2. The zero-order chi connectivity index (χ0) is 11.0. The van der Waals surface area contributed by atoms with E-state index in [0.717, 1.165) is 10.9 Å². The van der Waals surface area contributed by atoms with Crippen LogP contribution < -0.4 is 0 Å². The molecule has 2 aromatic rings. The van der Waals surface area contributed by atoms with Crippen LogP contribution in [0.3, 0.4) is 0 Å². The minimum Gasteiger partial charge on any atom is -0.379 e. The second kappa shape index (κ2) is 3.70. The molecule has 1 heterocycles. The summed E-state index contributed by atoms with van der Waals surface area (Å²) in [5.74, 6) is -0.383. The predicted octanol–water partition coefficient (Wildman–Crippen LogP) is 2.95. The molecule has 0 radical (unpaired) electrons. The van der Waals surface area contributed by atoms with E-state index in [9.17, 15) is 4.79 Å². The minimum atomic E-state index is -0.383. The molecule has 15 heavy (non-hydrogen) atoms. The lowest BCUT2D eigenvalue weighted by Gasteiger charge is -2.00. The molecule has 0 aliphatic heterocycles. The van der Waals surface area contributed by atoms with Crippen molar-refractivity contribution in [1.29, 1.82) is 0 Å². The van der Waals surface area contributed by atoms with Crippen LogP contribution in [0.2, 0.25) is 0 Å². The van der Waals surface area contributed by atoms with E-state index in [-0.39, 0.29) is 5.97 Å². The number of hydrogen-bond donors (Lipinski definition) is 0. The lowest BCUT2D eigenvalue weighted by Crippen LogP contribution is -2.04. The van der Waals surface area contributed by atoms with Gasteiger partial charge in [0, 0.05) is 18.0 Å². The van der Waals surface area contributed by atoms with Gasteiger partial charge < -0.3 is 8.40 Å². The first-order valence-electron chi connectivity index (χ1n) is 4.52. The molecule has 0 saturated heterocycles. The summed E-state index contributed by atoms with van der Waals surface area (Å²) in [5.41, 5.74) is 2.73. The molecule has 0 aliphatic carbocycles. The van der Waals surface area contributed by atoms with Crippen LogP contribution in [0.15, 0.2) is 24.3 Å². The molecule has 0 aliphatic rings. The Balaban J connectivity index is 2.69. The van der Waals surface area contributed by atoms with E-state index < -0.39 is 0 Å². The number of benzene rings is 1. The third-order valence-electron chi connectivity index (χ3n) is 2.48. The van der Waals surface area contributed by atoms with E-state index in [4.69, 9.17) is 0 Å². The number of rotatable bonds is 1. The average molecular weight is 268 g/mol. The molecule has 1 aromatic carbocycles. The van der Waals surface area contributed by atoms with Gasteiger partial charge in [-0.2, -0.15) is 0 Å². The summed E-state index contributed by atoms with van der Waals surface area (Å²) in [4.78, 5) is 11.4. The first kappa shape index (κ1) is 10.2. The van der Waals surface area contributed by atoms with Gasteiger partial charge in [0.1, 0.15) is 5.69 Å². The summed E-state index contributed by atoms with van der Waals surface area (Å²) in [6.07, 6.45) is 0. The smallest absolute Gasteiger partial charge is 0.366 e. The summed E-state index contributed by atoms with van der Waals surface area (Å²) in [7, 11) is 1.84. The van der Waals surface area contributed by atoms with Crippen molar-refractivity contribution >= 4 is 33.1 Å². The van der Waals surface area contributed by atoms with Gasteiger partial charge in [-0.05, 0) is 25.1 Å². The highest BCUT2D eigenvalue weighted by Crippen LogP contribution is 2.20. The Bertz CT molecular complexity index is 531. The van der Waals surface area contributed by atoms with Crippen LogP contribution in [-0.4, -0.2) is 10.5 Å². The summed E-state index contributed by atoms with van der Waals surface area (Å²) >= 11 is 2.69. The van der Waals surface area contributed by atoms with Gasteiger partial charge in [-0.25, -0.2) is 4.79 Å². The van der Waals surface area contributed by atoms with Crippen LogP contribution in [0.1, 0.15) is 16.1 Å². The molecule has 0 N–H and O–H groups in total. The molecule has 3 nitrogen and oxygen atoms in total. The van der Waals surface area contributed by atoms with Crippen LogP contribution in [0, 0.1) is 6.92 Å². The zero-order valence-corrected chi connectivity index (χ0v) is 10.0. The van der Waals surface area contributed by atoms with Crippen LogP contribution in [0.4, 0.5) is 0 Å². The second-order valence-corrected chi connectivity index (χ2v) is 3.84. The largest absolute Gasteiger partial charge is 0.379 e. The zero-order valence-electron chi connectivity index (χ0n) is 8.45. The van der Waals surface area contributed by atoms with Crippen LogP contribution in [0.5, 0.6) is 0 Å². The Morgan fingerprint density at radius 2 is 2.13 bits per heavy atom. The highest BCUT2D eigenvalue weighted by atomic mass is 79.9. The van der Waals surface area contributed by atoms with Crippen LogP contribution in [0.25, 0.3) is 10.9 Å².